The van der Waals surface area contributed by atoms with Gasteiger partial charge in [0.2, 0.25) is 0 Å². The lowest BCUT2D eigenvalue weighted by molar-refractivity contribution is 0.0323. The molecule has 7 heteroatoms. The maximum atomic E-state index is 5.97. The fraction of sp³-hybridized carbons (Fsp3) is 0.571. The van der Waals surface area contributed by atoms with Gasteiger partial charge in [0, 0.05) is 38.1 Å². The van der Waals surface area contributed by atoms with Gasteiger partial charge in [0.05, 0.1) is 19.3 Å². The van der Waals surface area contributed by atoms with Crippen molar-refractivity contribution in [2.75, 3.05) is 45.9 Å². The second-order valence-corrected chi connectivity index (χ2v) is 7.29. The first-order valence-corrected chi connectivity index (χ1v) is 9.99. The minimum Gasteiger partial charge on any atom is -0.459 e. The van der Waals surface area contributed by atoms with Crippen LogP contribution in [0.25, 0.3) is 11.0 Å². The summed E-state index contributed by atoms with van der Waals surface area (Å²) < 4.78 is 11.4. The second-order valence-electron chi connectivity index (χ2n) is 7.29. The smallest absolute Gasteiger partial charge is 0.191 e. The molecule has 1 aromatic heterocycles. The lowest BCUT2D eigenvalue weighted by Gasteiger charge is -2.28. The van der Waals surface area contributed by atoms with E-state index in [1.165, 1.54) is 0 Å². The maximum absolute atomic E-state index is 5.97. The predicted molar refractivity (Wildman–Crippen MR) is 126 cm³/mol. The van der Waals surface area contributed by atoms with Crippen molar-refractivity contribution in [3.05, 3.63) is 36.1 Å². The monoisotopic (exact) mass is 500 g/mol. The number of fused-ring (bicyclic) bond motifs is 1. The molecule has 0 radical (unpaired) electrons. The van der Waals surface area contributed by atoms with Crippen LogP contribution in [0.1, 0.15) is 32.6 Å². The van der Waals surface area contributed by atoms with Gasteiger partial charge in [0.15, 0.2) is 5.96 Å². The summed E-state index contributed by atoms with van der Waals surface area (Å²) in [6, 6.07) is 10.2. The molecule has 0 aliphatic carbocycles. The Morgan fingerprint density at radius 2 is 1.96 bits per heavy atom. The molecule has 1 aliphatic rings. The Bertz CT molecular complexity index is 710. The number of halogens is 1. The summed E-state index contributed by atoms with van der Waals surface area (Å²) in [6.07, 6.45) is 0. The Morgan fingerprint density at radius 1 is 1.21 bits per heavy atom. The van der Waals surface area contributed by atoms with E-state index in [-0.39, 0.29) is 30.0 Å². The molecule has 2 atom stereocenters. The molecule has 0 amide bonds. The minimum atomic E-state index is 0. The van der Waals surface area contributed by atoms with Crippen LogP contribution in [0.3, 0.4) is 0 Å². The highest BCUT2D eigenvalue weighted by Crippen LogP contribution is 2.23. The van der Waals surface area contributed by atoms with Gasteiger partial charge in [-0.2, -0.15) is 0 Å². The summed E-state index contributed by atoms with van der Waals surface area (Å²) in [7, 11) is 0. The van der Waals surface area contributed by atoms with Crippen LogP contribution in [0.5, 0.6) is 0 Å². The van der Waals surface area contributed by atoms with Crippen molar-refractivity contribution < 1.29 is 9.15 Å². The number of benzene rings is 1. The molecule has 2 N–H and O–H groups in total. The number of guanidine groups is 1. The van der Waals surface area contributed by atoms with Crippen molar-refractivity contribution in [3.8, 4) is 0 Å². The second kappa shape index (κ2) is 11.6. The Kier molecular flexibility index (Phi) is 9.53. The molecule has 1 fully saturated rings. The lowest BCUT2D eigenvalue weighted by atomic mass is 10.1. The number of ether oxygens (including phenoxy) is 1. The Balaban J connectivity index is 0.00000280. The summed E-state index contributed by atoms with van der Waals surface area (Å²) >= 11 is 0. The largest absolute Gasteiger partial charge is 0.459 e. The lowest BCUT2D eigenvalue weighted by Crippen LogP contribution is -2.41. The van der Waals surface area contributed by atoms with Crippen molar-refractivity contribution in [3.63, 3.8) is 0 Å². The van der Waals surface area contributed by atoms with Gasteiger partial charge in [0.1, 0.15) is 11.3 Å². The van der Waals surface area contributed by atoms with Crippen LogP contribution in [0.2, 0.25) is 0 Å². The number of para-hydroxylation sites is 1. The van der Waals surface area contributed by atoms with Gasteiger partial charge in [-0.1, -0.05) is 25.1 Å². The fourth-order valence-electron chi connectivity index (χ4n) is 3.34. The number of rotatable bonds is 7. The number of hydrogen-bond acceptors (Lipinski definition) is 4. The highest BCUT2D eigenvalue weighted by Gasteiger charge is 2.15. The molecular formula is C21H33IN4O2. The van der Waals surface area contributed by atoms with Gasteiger partial charge in [0.25, 0.3) is 0 Å². The third kappa shape index (κ3) is 6.63. The van der Waals surface area contributed by atoms with E-state index >= 15 is 0 Å². The van der Waals surface area contributed by atoms with E-state index in [9.17, 15) is 0 Å². The van der Waals surface area contributed by atoms with Crippen LogP contribution < -0.4 is 10.6 Å². The van der Waals surface area contributed by atoms with Crippen LogP contribution in [0.15, 0.2) is 39.7 Å². The number of aliphatic imine (C=N–C) groups is 1. The topological polar surface area (TPSA) is 62.0 Å². The third-order valence-electron chi connectivity index (χ3n) is 4.80. The molecule has 0 spiro atoms. The van der Waals surface area contributed by atoms with Crippen LogP contribution in [0, 0.1) is 5.92 Å². The zero-order valence-corrected chi connectivity index (χ0v) is 19.4. The van der Waals surface area contributed by atoms with Crippen molar-refractivity contribution in [2.45, 2.75) is 26.8 Å². The first-order valence-electron chi connectivity index (χ1n) is 9.99. The molecule has 1 saturated heterocycles. The van der Waals surface area contributed by atoms with E-state index in [2.05, 4.69) is 48.4 Å². The maximum Gasteiger partial charge on any atom is 0.191 e. The molecule has 1 aromatic carbocycles. The minimum absolute atomic E-state index is 0. The molecule has 0 saturated carbocycles. The van der Waals surface area contributed by atoms with Crippen molar-refractivity contribution in [1.29, 1.82) is 0 Å². The van der Waals surface area contributed by atoms with E-state index in [0.29, 0.717) is 5.92 Å². The average molecular weight is 500 g/mol. The standard InChI is InChI=1S/C21H32N4O2.HI/c1-4-22-21(23-14-16(2)15-25-9-11-26-12-10-25)24-17(3)20-13-18-7-5-6-8-19(18)27-20;/h5-8,13,16-17H,4,9-12,14-15H2,1-3H3,(H2,22,23,24);1H. The molecule has 2 unspecified atom stereocenters. The molecule has 0 bridgehead atoms. The average Bonchev–Trinajstić information content (AvgIpc) is 3.11. The number of morpholine rings is 1. The number of nitrogens with zero attached hydrogens (tertiary/aromatic N) is 2. The van der Waals surface area contributed by atoms with Crippen LogP contribution in [-0.4, -0.2) is 56.8 Å². The van der Waals surface area contributed by atoms with E-state index in [1.54, 1.807) is 0 Å². The summed E-state index contributed by atoms with van der Waals surface area (Å²) in [5, 5.41) is 7.93. The zero-order chi connectivity index (χ0) is 19.1. The molecule has 3 rings (SSSR count). The summed E-state index contributed by atoms with van der Waals surface area (Å²) in [4.78, 5) is 7.25. The number of furan rings is 1. The van der Waals surface area contributed by atoms with Gasteiger partial charge in [-0.05, 0) is 31.9 Å². The van der Waals surface area contributed by atoms with Gasteiger partial charge in [-0.3, -0.25) is 9.89 Å². The van der Waals surface area contributed by atoms with Gasteiger partial charge in [-0.25, -0.2) is 0 Å². The van der Waals surface area contributed by atoms with Gasteiger partial charge < -0.3 is 19.8 Å². The SMILES string of the molecule is CCNC(=NCC(C)CN1CCOCC1)NC(C)c1cc2ccccc2o1.I. The quantitative estimate of drug-likeness (QED) is 0.346. The van der Waals surface area contributed by atoms with Gasteiger partial charge in [-0.15, -0.1) is 24.0 Å². The van der Waals surface area contributed by atoms with Crippen LogP contribution >= 0.6 is 24.0 Å². The molecule has 2 heterocycles. The van der Waals surface area contributed by atoms with Crippen LogP contribution in [-0.2, 0) is 4.74 Å². The molecule has 1 aliphatic heterocycles. The molecule has 6 nitrogen and oxygen atoms in total. The van der Waals surface area contributed by atoms with E-state index in [0.717, 1.165) is 68.6 Å². The zero-order valence-electron chi connectivity index (χ0n) is 17.1. The number of hydrogen-bond donors (Lipinski definition) is 2. The molecular weight excluding hydrogens is 467 g/mol. The highest BCUT2D eigenvalue weighted by atomic mass is 127. The Hall–Kier alpha value is -1.32. The summed E-state index contributed by atoms with van der Waals surface area (Å²) in [5.74, 6) is 2.25. The molecule has 28 heavy (non-hydrogen) atoms. The summed E-state index contributed by atoms with van der Waals surface area (Å²) in [6.45, 7) is 12.9. The van der Waals surface area contributed by atoms with E-state index < -0.39 is 0 Å². The molecule has 156 valence electrons. The third-order valence-corrected chi connectivity index (χ3v) is 4.80. The highest BCUT2D eigenvalue weighted by molar-refractivity contribution is 14.0. The van der Waals surface area contributed by atoms with Gasteiger partial charge >= 0.3 is 0 Å². The van der Waals surface area contributed by atoms with Crippen molar-refractivity contribution in [1.82, 2.24) is 15.5 Å². The molecule has 2 aromatic rings. The van der Waals surface area contributed by atoms with Crippen molar-refractivity contribution >= 4 is 40.9 Å². The first kappa shape index (κ1) is 23.0. The van der Waals surface area contributed by atoms with E-state index in [4.69, 9.17) is 14.1 Å². The predicted octanol–water partition coefficient (Wildman–Crippen LogP) is 3.64. The van der Waals surface area contributed by atoms with E-state index in [1.807, 2.05) is 18.2 Å². The Morgan fingerprint density at radius 3 is 2.68 bits per heavy atom. The normalized spacial score (nSPS) is 17.8. The summed E-state index contributed by atoms with van der Waals surface area (Å²) in [5.41, 5.74) is 0.919. The first-order chi connectivity index (χ1) is 13.2. The van der Waals surface area contributed by atoms with Crippen molar-refractivity contribution in [2.24, 2.45) is 10.9 Å². The fourth-order valence-corrected chi connectivity index (χ4v) is 3.34. The van der Waals surface area contributed by atoms with Crippen LogP contribution in [0.4, 0.5) is 0 Å². The number of nitrogens with one attached hydrogen (secondary N) is 2. The Labute approximate surface area is 185 Å².